The fourth-order valence-electron chi connectivity index (χ4n) is 3.20. The highest BCUT2D eigenvalue weighted by atomic mass is 19.1. The molecule has 0 aromatic heterocycles. The highest BCUT2D eigenvalue weighted by Crippen LogP contribution is 2.19. The number of likely N-dealkylation sites (tertiary alicyclic amines) is 1. The van der Waals surface area contributed by atoms with Gasteiger partial charge in [0.15, 0.2) is 0 Å². The van der Waals surface area contributed by atoms with Gasteiger partial charge in [0.05, 0.1) is 18.9 Å². The minimum Gasteiger partial charge on any atom is -0.465 e. The zero-order chi connectivity index (χ0) is 21.5. The molecule has 2 aromatic rings. The number of carbonyl (C=O) groups is 3. The second-order valence-electron chi connectivity index (χ2n) is 6.92. The number of nitrogens with zero attached hydrogens (tertiary/aromatic N) is 2. The van der Waals surface area contributed by atoms with Gasteiger partial charge in [0.25, 0.3) is 5.91 Å². The van der Waals surface area contributed by atoms with Crippen molar-refractivity contribution in [2.24, 2.45) is 11.0 Å². The van der Waals surface area contributed by atoms with Crippen LogP contribution in [0.2, 0.25) is 0 Å². The first-order valence-corrected chi connectivity index (χ1v) is 9.54. The molecule has 0 bridgehead atoms. The van der Waals surface area contributed by atoms with Crippen LogP contribution in [0.4, 0.5) is 4.39 Å². The van der Waals surface area contributed by atoms with Crippen LogP contribution in [0.1, 0.15) is 39.1 Å². The van der Waals surface area contributed by atoms with Crippen LogP contribution in [-0.4, -0.2) is 49.1 Å². The Bertz CT molecular complexity index is 934. The largest absolute Gasteiger partial charge is 0.465 e. The van der Waals surface area contributed by atoms with Crippen molar-refractivity contribution in [1.29, 1.82) is 0 Å². The van der Waals surface area contributed by atoms with Crippen LogP contribution in [-0.2, 0) is 9.53 Å². The molecule has 30 heavy (non-hydrogen) atoms. The lowest BCUT2D eigenvalue weighted by molar-refractivity contribution is -0.126. The van der Waals surface area contributed by atoms with Crippen molar-refractivity contribution < 1.29 is 23.5 Å². The average molecular weight is 411 g/mol. The molecule has 1 aliphatic heterocycles. The Morgan fingerprint density at radius 2 is 1.63 bits per heavy atom. The summed E-state index contributed by atoms with van der Waals surface area (Å²) >= 11 is 0. The standard InChI is InChI=1S/C22H22FN3O4/c1-30-22(29)18-4-2-15(3-5-18)14-24-25-20(27)16-10-12-26(13-11-16)21(28)17-6-8-19(23)9-7-17/h2-9,14,16H,10-13H2,1H3,(H,25,27). The van der Waals surface area contributed by atoms with E-state index >= 15 is 0 Å². The van der Waals surface area contributed by atoms with E-state index in [2.05, 4.69) is 15.3 Å². The Labute approximate surface area is 173 Å². The third-order valence-electron chi connectivity index (χ3n) is 4.96. The zero-order valence-electron chi connectivity index (χ0n) is 16.5. The maximum atomic E-state index is 13.0. The molecule has 7 nitrogen and oxygen atoms in total. The number of ether oxygens (including phenoxy) is 1. The number of piperidine rings is 1. The molecule has 1 heterocycles. The molecule has 1 N–H and O–H groups in total. The van der Waals surface area contributed by atoms with Crippen LogP contribution in [0.5, 0.6) is 0 Å². The van der Waals surface area contributed by atoms with Crippen molar-refractivity contribution in [3.05, 3.63) is 71.0 Å². The van der Waals surface area contributed by atoms with E-state index in [4.69, 9.17) is 0 Å². The van der Waals surface area contributed by atoms with E-state index in [0.717, 1.165) is 5.56 Å². The van der Waals surface area contributed by atoms with Crippen LogP contribution >= 0.6 is 0 Å². The van der Waals surface area contributed by atoms with Crippen molar-refractivity contribution >= 4 is 24.0 Å². The van der Waals surface area contributed by atoms with Crippen molar-refractivity contribution in [2.75, 3.05) is 20.2 Å². The molecular weight excluding hydrogens is 389 g/mol. The molecule has 156 valence electrons. The van der Waals surface area contributed by atoms with Gasteiger partial charge in [-0.25, -0.2) is 14.6 Å². The van der Waals surface area contributed by atoms with Crippen molar-refractivity contribution in [1.82, 2.24) is 10.3 Å². The molecule has 1 fully saturated rings. The Morgan fingerprint density at radius 1 is 1.03 bits per heavy atom. The topological polar surface area (TPSA) is 88.1 Å². The third kappa shape index (κ3) is 5.28. The summed E-state index contributed by atoms with van der Waals surface area (Å²) in [5.41, 5.74) is 4.11. The normalized spacial score (nSPS) is 14.5. The summed E-state index contributed by atoms with van der Waals surface area (Å²) in [5.74, 6) is -1.41. The molecule has 2 aromatic carbocycles. The van der Waals surface area contributed by atoms with Gasteiger partial charge in [-0.3, -0.25) is 9.59 Å². The number of nitrogens with one attached hydrogen (secondary N) is 1. The highest BCUT2D eigenvalue weighted by molar-refractivity contribution is 5.94. The number of halogens is 1. The van der Waals surface area contributed by atoms with Crippen molar-refractivity contribution in [3.63, 3.8) is 0 Å². The van der Waals surface area contributed by atoms with E-state index < -0.39 is 5.97 Å². The highest BCUT2D eigenvalue weighted by Gasteiger charge is 2.27. The van der Waals surface area contributed by atoms with Crippen LogP contribution in [0.3, 0.4) is 0 Å². The number of methoxy groups -OCH3 is 1. The molecule has 0 unspecified atom stereocenters. The predicted molar refractivity (Wildman–Crippen MR) is 109 cm³/mol. The van der Waals surface area contributed by atoms with E-state index in [1.54, 1.807) is 29.2 Å². The van der Waals surface area contributed by atoms with E-state index in [9.17, 15) is 18.8 Å². The Hall–Kier alpha value is -3.55. The first kappa shape index (κ1) is 21.2. The Morgan fingerprint density at radius 3 is 2.23 bits per heavy atom. The molecule has 0 radical (unpaired) electrons. The summed E-state index contributed by atoms with van der Waals surface area (Å²) in [4.78, 5) is 37.9. The van der Waals surface area contributed by atoms with Gasteiger partial charge in [0, 0.05) is 24.6 Å². The first-order chi connectivity index (χ1) is 14.5. The molecule has 8 heteroatoms. The van der Waals surface area contributed by atoms with Gasteiger partial charge in [-0.2, -0.15) is 5.10 Å². The minimum absolute atomic E-state index is 0.165. The fraction of sp³-hybridized carbons (Fsp3) is 0.273. The maximum absolute atomic E-state index is 13.0. The number of hydrogen-bond acceptors (Lipinski definition) is 5. The predicted octanol–water partition coefficient (Wildman–Crippen LogP) is 2.61. The molecule has 0 aliphatic carbocycles. The van der Waals surface area contributed by atoms with E-state index in [-0.39, 0.29) is 23.5 Å². The lowest BCUT2D eigenvalue weighted by atomic mass is 9.95. The zero-order valence-corrected chi connectivity index (χ0v) is 16.5. The number of amides is 2. The summed E-state index contributed by atoms with van der Waals surface area (Å²) in [7, 11) is 1.32. The minimum atomic E-state index is -0.420. The second kappa shape index (κ2) is 9.78. The molecule has 0 saturated carbocycles. The number of benzene rings is 2. The summed E-state index contributed by atoms with van der Waals surface area (Å²) in [6.07, 6.45) is 2.55. The fourth-order valence-corrected chi connectivity index (χ4v) is 3.20. The van der Waals surface area contributed by atoms with Gasteiger partial charge in [-0.15, -0.1) is 0 Å². The van der Waals surface area contributed by atoms with Gasteiger partial charge in [0.2, 0.25) is 5.91 Å². The van der Waals surface area contributed by atoms with E-state index in [1.807, 2.05) is 0 Å². The van der Waals surface area contributed by atoms with Gasteiger partial charge in [0.1, 0.15) is 5.82 Å². The van der Waals surface area contributed by atoms with Gasteiger partial charge >= 0.3 is 5.97 Å². The lowest BCUT2D eigenvalue weighted by Gasteiger charge is -2.31. The molecular formula is C22H22FN3O4. The Balaban J connectivity index is 1.47. The van der Waals surface area contributed by atoms with Crippen molar-refractivity contribution in [3.8, 4) is 0 Å². The quantitative estimate of drug-likeness (QED) is 0.465. The molecule has 2 amide bonds. The monoisotopic (exact) mass is 411 g/mol. The van der Waals surface area contributed by atoms with Crippen LogP contribution in [0, 0.1) is 11.7 Å². The Kier molecular flexibility index (Phi) is 6.90. The van der Waals surface area contributed by atoms with Crippen LogP contribution < -0.4 is 5.43 Å². The van der Waals surface area contributed by atoms with Crippen LogP contribution in [0.15, 0.2) is 53.6 Å². The van der Waals surface area contributed by atoms with Gasteiger partial charge < -0.3 is 9.64 Å². The number of rotatable bonds is 5. The second-order valence-corrected chi connectivity index (χ2v) is 6.92. The smallest absolute Gasteiger partial charge is 0.337 e. The third-order valence-corrected chi connectivity index (χ3v) is 4.96. The summed E-state index contributed by atoms with van der Waals surface area (Å²) in [6, 6.07) is 12.1. The number of hydrazone groups is 1. The lowest BCUT2D eigenvalue weighted by Crippen LogP contribution is -2.42. The van der Waals surface area contributed by atoms with E-state index in [1.165, 1.54) is 37.6 Å². The average Bonchev–Trinajstić information content (AvgIpc) is 2.79. The maximum Gasteiger partial charge on any atom is 0.337 e. The van der Waals surface area contributed by atoms with Crippen molar-refractivity contribution in [2.45, 2.75) is 12.8 Å². The number of esters is 1. The summed E-state index contributed by atoms with van der Waals surface area (Å²) in [6.45, 7) is 0.903. The van der Waals surface area contributed by atoms with Gasteiger partial charge in [-0.1, -0.05) is 12.1 Å². The molecule has 3 rings (SSSR count). The summed E-state index contributed by atoms with van der Waals surface area (Å²) < 4.78 is 17.6. The molecule has 0 spiro atoms. The first-order valence-electron chi connectivity index (χ1n) is 9.54. The van der Waals surface area contributed by atoms with E-state index in [0.29, 0.717) is 37.1 Å². The number of carbonyl (C=O) groups excluding carboxylic acids is 3. The van der Waals surface area contributed by atoms with Gasteiger partial charge in [-0.05, 0) is 54.8 Å². The SMILES string of the molecule is COC(=O)c1ccc(C=NNC(=O)C2CCN(C(=O)c3ccc(F)cc3)CC2)cc1. The van der Waals surface area contributed by atoms with Crippen LogP contribution in [0.25, 0.3) is 0 Å². The number of hydrogen-bond donors (Lipinski definition) is 1. The molecule has 1 aliphatic rings. The molecule has 1 saturated heterocycles. The summed E-state index contributed by atoms with van der Waals surface area (Å²) in [5, 5.41) is 3.96. The molecule has 0 atom stereocenters.